The summed E-state index contributed by atoms with van der Waals surface area (Å²) in [5, 5.41) is 1.16. The Morgan fingerprint density at radius 3 is 2.52 bits per heavy atom. The highest BCUT2D eigenvalue weighted by Gasteiger charge is 2.33. The van der Waals surface area contributed by atoms with E-state index in [-0.39, 0.29) is 5.91 Å². The maximum Gasteiger partial charge on any atom is 0.270 e. The number of anilines is 1. The van der Waals surface area contributed by atoms with Crippen LogP contribution in [0.1, 0.15) is 19.4 Å². The Balaban J connectivity index is 1.74. The second-order valence-electron chi connectivity index (χ2n) is 7.00. The lowest BCUT2D eigenvalue weighted by Gasteiger charge is -2.13. The maximum atomic E-state index is 13.0. The lowest BCUT2D eigenvalue weighted by atomic mass is 10.1. The molecule has 0 aliphatic carbocycles. The number of carbonyl (C=O) groups is 1. The van der Waals surface area contributed by atoms with Gasteiger partial charge < -0.3 is 4.57 Å². The van der Waals surface area contributed by atoms with Crippen LogP contribution in [0, 0.1) is 5.92 Å². The van der Waals surface area contributed by atoms with Gasteiger partial charge in [0.15, 0.2) is 4.32 Å². The highest BCUT2D eigenvalue weighted by Crippen LogP contribution is 2.37. The molecule has 1 aliphatic rings. The molecule has 136 valence electrons. The SMILES string of the molecule is CC(C)Cn1cc(/C=C2\SC(=S)N(c3ccccc3)C2=O)c2ccccc21. The molecule has 2 heterocycles. The molecule has 3 aromatic rings. The summed E-state index contributed by atoms with van der Waals surface area (Å²) in [5.74, 6) is 0.488. The van der Waals surface area contributed by atoms with Crippen LogP contribution in [0.25, 0.3) is 17.0 Å². The predicted octanol–water partition coefficient (Wildman–Crippen LogP) is 5.70. The molecule has 1 fully saturated rings. The van der Waals surface area contributed by atoms with Crippen molar-refractivity contribution >= 4 is 56.9 Å². The Morgan fingerprint density at radius 1 is 1.07 bits per heavy atom. The van der Waals surface area contributed by atoms with Crippen LogP contribution in [0.3, 0.4) is 0 Å². The van der Waals surface area contributed by atoms with Gasteiger partial charge in [-0.3, -0.25) is 9.69 Å². The summed E-state index contributed by atoms with van der Waals surface area (Å²) in [6, 6.07) is 17.9. The van der Waals surface area contributed by atoms with Crippen molar-refractivity contribution in [1.82, 2.24) is 4.57 Å². The van der Waals surface area contributed by atoms with Gasteiger partial charge in [0, 0.05) is 29.2 Å². The minimum Gasteiger partial charge on any atom is -0.347 e. The molecular weight excluding hydrogens is 372 g/mol. The molecule has 1 amide bonds. The highest BCUT2D eigenvalue weighted by molar-refractivity contribution is 8.27. The number of thioether (sulfide) groups is 1. The molecule has 0 saturated carbocycles. The number of amides is 1. The van der Waals surface area contributed by atoms with Gasteiger partial charge in [0.25, 0.3) is 5.91 Å². The highest BCUT2D eigenvalue weighted by atomic mass is 32.2. The van der Waals surface area contributed by atoms with Crippen molar-refractivity contribution in [1.29, 1.82) is 0 Å². The molecule has 0 bridgehead atoms. The largest absolute Gasteiger partial charge is 0.347 e. The van der Waals surface area contributed by atoms with E-state index in [0.717, 1.165) is 23.2 Å². The Hall–Kier alpha value is -2.37. The van der Waals surface area contributed by atoms with Gasteiger partial charge in [-0.05, 0) is 30.2 Å². The summed E-state index contributed by atoms with van der Waals surface area (Å²) in [5.41, 5.74) is 3.06. The zero-order chi connectivity index (χ0) is 19.0. The Labute approximate surface area is 168 Å². The van der Waals surface area contributed by atoms with E-state index in [1.54, 1.807) is 4.90 Å². The van der Waals surface area contributed by atoms with Crippen LogP contribution in [-0.4, -0.2) is 14.8 Å². The van der Waals surface area contributed by atoms with Gasteiger partial charge in [0.1, 0.15) is 0 Å². The number of hydrogen-bond acceptors (Lipinski definition) is 3. The molecule has 0 atom stereocenters. The molecule has 0 N–H and O–H groups in total. The van der Waals surface area contributed by atoms with E-state index >= 15 is 0 Å². The topological polar surface area (TPSA) is 25.2 Å². The van der Waals surface area contributed by atoms with Gasteiger partial charge in [0.05, 0.1) is 10.6 Å². The number of hydrogen-bond donors (Lipinski definition) is 0. The number of rotatable bonds is 4. The molecule has 27 heavy (non-hydrogen) atoms. The zero-order valence-electron chi connectivity index (χ0n) is 15.3. The fourth-order valence-corrected chi connectivity index (χ4v) is 4.63. The molecule has 1 aromatic heterocycles. The van der Waals surface area contributed by atoms with E-state index in [0.29, 0.717) is 15.1 Å². The third kappa shape index (κ3) is 3.45. The van der Waals surface area contributed by atoms with Crippen LogP contribution in [0.2, 0.25) is 0 Å². The first-order chi connectivity index (χ1) is 13.0. The minimum absolute atomic E-state index is 0.0584. The van der Waals surface area contributed by atoms with E-state index < -0.39 is 0 Å². The van der Waals surface area contributed by atoms with Crippen molar-refractivity contribution in [2.24, 2.45) is 5.92 Å². The lowest BCUT2D eigenvalue weighted by molar-refractivity contribution is -0.113. The molecule has 5 heteroatoms. The van der Waals surface area contributed by atoms with Crippen molar-refractivity contribution < 1.29 is 4.79 Å². The van der Waals surface area contributed by atoms with E-state index in [1.165, 1.54) is 17.3 Å². The fraction of sp³-hybridized carbons (Fsp3) is 0.182. The average molecular weight is 393 g/mol. The monoisotopic (exact) mass is 392 g/mol. The van der Waals surface area contributed by atoms with Gasteiger partial charge in [-0.1, -0.05) is 74.2 Å². The molecule has 0 unspecified atom stereocenters. The van der Waals surface area contributed by atoms with E-state index in [1.807, 2.05) is 42.5 Å². The van der Waals surface area contributed by atoms with E-state index in [4.69, 9.17) is 12.2 Å². The second-order valence-corrected chi connectivity index (χ2v) is 8.68. The van der Waals surface area contributed by atoms with Gasteiger partial charge >= 0.3 is 0 Å². The second kappa shape index (κ2) is 7.33. The standard InChI is InChI=1S/C22H20N2OS2/c1-15(2)13-23-14-16(18-10-6-7-11-19(18)23)12-20-21(25)24(22(26)27-20)17-8-4-3-5-9-17/h3-12,14-15H,13H2,1-2H3/b20-12-. The normalized spacial score (nSPS) is 16.3. The average Bonchev–Trinajstić information content (AvgIpc) is 3.13. The van der Waals surface area contributed by atoms with Crippen LogP contribution in [0.5, 0.6) is 0 Å². The summed E-state index contributed by atoms with van der Waals surface area (Å²) < 4.78 is 2.84. The smallest absolute Gasteiger partial charge is 0.270 e. The Bertz CT molecular complexity index is 1050. The van der Waals surface area contributed by atoms with Crippen molar-refractivity contribution in [2.75, 3.05) is 4.90 Å². The van der Waals surface area contributed by atoms with Crippen molar-refractivity contribution in [3.63, 3.8) is 0 Å². The first-order valence-corrected chi connectivity index (χ1v) is 10.2. The van der Waals surface area contributed by atoms with Crippen molar-refractivity contribution in [3.8, 4) is 0 Å². The number of para-hydroxylation sites is 2. The number of benzene rings is 2. The third-order valence-electron chi connectivity index (χ3n) is 4.48. The number of fused-ring (bicyclic) bond motifs is 1. The molecule has 3 nitrogen and oxygen atoms in total. The quantitative estimate of drug-likeness (QED) is 0.420. The predicted molar refractivity (Wildman–Crippen MR) is 119 cm³/mol. The van der Waals surface area contributed by atoms with Crippen LogP contribution in [0.15, 0.2) is 65.7 Å². The van der Waals surface area contributed by atoms with Gasteiger partial charge in [-0.2, -0.15) is 0 Å². The maximum absolute atomic E-state index is 13.0. The van der Waals surface area contributed by atoms with Crippen LogP contribution in [-0.2, 0) is 11.3 Å². The van der Waals surface area contributed by atoms with Gasteiger partial charge in [-0.15, -0.1) is 0 Å². The Morgan fingerprint density at radius 2 is 1.78 bits per heavy atom. The summed E-state index contributed by atoms with van der Waals surface area (Å²) in [4.78, 5) is 15.3. The van der Waals surface area contributed by atoms with Gasteiger partial charge in [0.2, 0.25) is 0 Å². The van der Waals surface area contributed by atoms with Crippen LogP contribution >= 0.6 is 24.0 Å². The summed E-state index contributed by atoms with van der Waals surface area (Å²) in [6.07, 6.45) is 4.11. The van der Waals surface area contributed by atoms with E-state index in [9.17, 15) is 4.79 Å². The lowest BCUT2D eigenvalue weighted by Crippen LogP contribution is -2.27. The van der Waals surface area contributed by atoms with Gasteiger partial charge in [-0.25, -0.2) is 0 Å². The first kappa shape index (κ1) is 18.0. The molecule has 0 spiro atoms. The summed E-state index contributed by atoms with van der Waals surface area (Å²) in [6.45, 7) is 5.36. The number of thiocarbonyl (C=S) groups is 1. The van der Waals surface area contributed by atoms with Crippen molar-refractivity contribution in [3.05, 3.63) is 71.3 Å². The molecule has 4 rings (SSSR count). The third-order valence-corrected chi connectivity index (χ3v) is 5.78. The number of nitrogens with zero attached hydrogens (tertiary/aromatic N) is 2. The summed E-state index contributed by atoms with van der Waals surface area (Å²) in [7, 11) is 0. The Kier molecular flexibility index (Phi) is 4.89. The molecular formula is C22H20N2OS2. The first-order valence-electron chi connectivity index (χ1n) is 8.95. The van der Waals surface area contributed by atoms with Crippen LogP contribution in [0.4, 0.5) is 5.69 Å². The zero-order valence-corrected chi connectivity index (χ0v) is 16.9. The number of aromatic nitrogens is 1. The van der Waals surface area contributed by atoms with Crippen molar-refractivity contribution in [2.45, 2.75) is 20.4 Å². The van der Waals surface area contributed by atoms with Crippen LogP contribution < -0.4 is 4.90 Å². The molecule has 1 aliphatic heterocycles. The summed E-state index contributed by atoms with van der Waals surface area (Å²) >= 11 is 6.84. The fourth-order valence-electron chi connectivity index (χ4n) is 3.34. The molecule has 1 saturated heterocycles. The molecule has 2 aromatic carbocycles. The van der Waals surface area contributed by atoms with E-state index in [2.05, 4.69) is 42.8 Å². The minimum atomic E-state index is -0.0584. The molecule has 0 radical (unpaired) electrons. The number of carbonyl (C=O) groups excluding carboxylic acids is 1.